The standard InChI is InChI=1S/C19H13F6N3O2/c20-18(21,22)14-5-1-12(2-6-14)10-27-16(29)9-26-28(17(27)30)11-13-3-7-15(8-4-13)19(23,24)25/h1-9H,10-11H2. The van der Waals surface area contributed by atoms with Gasteiger partial charge >= 0.3 is 18.0 Å². The SMILES string of the molecule is O=c1cnn(Cc2ccc(C(F)(F)F)cc2)c(=O)n1Cc1ccc(C(F)(F)F)cc1. The van der Waals surface area contributed by atoms with Gasteiger partial charge in [-0.3, -0.25) is 9.36 Å². The molecule has 0 radical (unpaired) electrons. The Kier molecular flexibility index (Phi) is 5.55. The van der Waals surface area contributed by atoms with Crippen LogP contribution >= 0.6 is 0 Å². The van der Waals surface area contributed by atoms with Gasteiger partial charge in [-0.15, -0.1) is 0 Å². The fourth-order valence-corrected chi connectivity index (χ4v) is 2.68. The molecule has 3 aromatic rings. The number of hydrogen-bond donors (Lipinski definition) is 0. The summed E-state index contributed by atoms with van der Waals surface area (Å²) >= 11 is 0. The van der Waals surface area contributed by atoms with Crippen molar-refractivity contribution in [2.75, 3.05) is 0 Å². The highest BCUT2D eigenvalue weighted by molar-refractivity contribution is 5.25. The predicted molar refractivity (Wildman–Crippen MR) is 93.8 cm³/mol. The Morgan fingerprint density at radius 1 is 0.700 bits per heavy atom. The van der Waals surface area contributed by atoms with Crippen LogP contribution in [0.15, 0.2) is 64.3 Å². The molecule has 11 heteroatoms. The maximum atomic E-state index is 12.6. The summed E-state index contributed by atoms with van der Waals surface area (Å²) in [5, 5.41) is 3.69. The second-order valence-corrected chi connectivity index (χ2v) is 6.40. The van der Waals surface area contributed by atoms with E-state index in [-0.39, 0.29) is 18.7 Å². The van der Waals surface area contributed by atoms with E-state index in [0.717, 1.165) is 51.8 Å². The van der Waals surface area contributed by atoms with E-state index in [1.165, 1.54) is 12.1 Å². The average molecular weight is 429 g/mol. The highest BCUT2D eigenvalue weighted by Crippen LogP contribution is 2.30. The largest absolute Gasteiger partial charge is 0.416 e. The molecule has 3 rings (SSSR count). The molecule has 5 nitrogen and oxygen atoms in total. The molecule has 0 fully saturated rings. The lowest BCUT2D eigenvalue weighted by atomic mass is 10.1. The summed E-state index contributed by atoms with van der Waals surface area (Å²) in [7, 11) is 0. The molecule has 0 aliphatic carbocycles. The van der Waals surface area contributed by atoms with E-state index in [0.29, 0.717) is 5.56 Å². The van der Waals surface area contributed by atoms with Gasteiger partial charge in [-0.2, -0.15) is 31.4 Å². The minimum atomic E-state index is -4.51. The summed E-state index contributed by atoms with van der Waals surface area (Å²) < 4.78 is 77.5. The zero-order valence-corrected chi connectivity index (χ0v) is 15.0. The van der Waals surface area contributed by atoms with Gasteiger partial charge in [-0.25, -0.2) is 9.48 Å². The highest BCUT2D eigenvalue weighted by atomic mass is 19.4. The van der Waals surface area contributed by atoms with Crippen molar-refractivity contribution in [3.63, 3.8) is 0 Å². The fourth-order valence-electron chi connectivity index (χ4n) is 2.68. The van der Waals surface area contributed by atoms with E-state index in [1.807, 2.05) is 0 Å². The van der Waals surface area contributed by atoms with Gasteiger partial charge < -0.3 is 0 Å². The first kappa shape index (κ1) is 21.3. The Balaban J connectivity index is 1.85. The lowest BCUT2D eigenvalue weighted by molar-refractivity contribution is -0.138. The molecule has 0 saturated carbocycles. The minimum Gasteiger partial charge on any atom is -0.267 e. The lowest BCUT2D eigenvalue weighted by Gasteiger charge is -2.11. The van der Waals surface area contributed by atoms with Crippen LogP contribution < -0.4 is 11.2 Å². The van der Waals surface area contributed by atoms with Gasteiger partial charge in [-0.05, 0) is 35.4 Å². The molecule has 30 heavy (non-hydrogen) atoms. The van der Waals surface area contributed by atoms with E-state index in [9.17, 15) is 35.9 Å². The van der Waals surface area contributed by atoms with Crippen LogP contribution in [0, 0.1) is 0 Å². The molecule has 0 aliphatic rings. The van der Waals surface area contributed by atoms with Gasteiger partial charge in [0.05, 0.1) is 24.2 Å². The number of hydrogen-bond acceptors (Lipinski definition) is 3. The van der Waals surface area contributed by atoms with E-state index in [2.05, 4.69) is 5.10 Å². The third-order valence-corrected chi connectivity index (χ3v) is 4.26. The zero-order chi connectivity index (χ0) is 22.1. The van der Waals surface area contributed by atoms with Crippen molar-refractivity contribution < 1.29 is 26.3 Å². The van der Waals surface area contributed by atoms with Crippen LogP contribution in [0.4, 0.5) is 26.3 Å². The van der Waals surface area contributed by atoms with Crippen molar-refractivity contribution in [1.29, 1.82) is 0 Å². The van der Waals surface area contributed by atoms with E-state index in [1.54, 1.807) is 0 Å². The van der Waals surface area contributed by atoms with Crippen LogP contribution in [0.1, 0.15) is 22.3 Å². The van der Waals surface area contributed by atoms with Gasteiger partial charge in [0, 0.05) is 0 Å². The van der Waals surface area contributed by atoms with Gasteiger partial charge in [0.2, 0.25) is 0 Å². The normalized spacial score (nSPS) is 12.2. The summed E-state index contributed by atoms with van der Waals surface area (Å²) in [6.07, 6.45) is -8.15. The lowest BCUT2D eigenvalue weighted by Crippen LogP contribution is -2.41. The first-order valence-electron chi connectivity index (χ1n) is 8.44. The van der Waals surface area contributed by atoms with E-state index in [4.69, 9.17) is 0 Å². The number of rotatable bonds is 4. The molecule has 0 N–H and O–H groups in total. The smallest absolute Gasteiger partial charge is 0.267 e. The van der Waals surface area contributed by atoms with Crippen molar-refractivity contribution in [3.8, 4) is 0 Å². The first-order valence-corrected chi connectivity index (χ1v) is 8.44. The van der Waals surface area contributed by atoms with Crippen molar-refractivity contribution in [2.24, 2.45) is 0 Å². The summed E-state index contributed by atoms with van der Waals surface area (Å²) in [6, 6.07) is 8.05. The van der Waals surface area contributed by atoms with Gasteiger partial charge in [-0.1, -0.05) is 24.3 Å². The van der Waals surface area contributed by atoms with Gasteiger partial charge in [0.15, 0.2) is 0 Å². The maximum absolute atomic E-state index is 12.6. The second-order valence-electron chi connectivity index (χ2n) is 6.40. The van der Waals surface area contributed by atoms with Crippen molar-refractivity contribution in [3.05, 3.63) is 97.8 Å². The van der Waals surface area contributed by atoms with Crippen LogP contribution in [-0.4, -0.2) is 14.3 Å². The monoisotopic (exact) mass is 429 g/mol. The number of aromatic nitrogens is 3. The van der Waals surface area contributed by atoms with Gasteiger partial charge in [0.25, 0.3) is 5.56 Å². The Hall–Kier alpha value is -3.37. The van der Waals surface area contributed by atoms with Crippen LogP contribution in [0.25, 0.3) is 0 Å². The van der Waals surface area contributed by atoms with Crippen molar-refractivity contribution in [1.82, 2.24) is 14.3 Å². The molecule has 0 bridgehead atoms. The third kappa shape index (κ3) is 4.78. The molecular formula is C19H13F6N3O2. The summed E-state index contributed by atoms with van der Waals surface area (Å²) in [6.45, 7) is -0.477. The first-order chi connectivity index (χ1) is 13.9. The predicted octanol–water partition coefficient (Wildman–Crippen LogP) is 3.54. The van der Waals surface area contributed by atoms with Crippen LogP contribution in [0.2, 0.25) is 0 Å². The Morgan fingerprint density at radius 2 is 1.13 bits per heavy atom. The molecule has 2 aromatic carbocycles. The van der Waals surface area contributed by atoms with Crippen molar-refractivity contribution in [2.45, 2.75) is 25.4 Å². The molecule has 1 heterocycles. The number of halogens is 6. The number of nitrogens with zero attached hydrogens (tertiary/aromatic N) is 3. The second kappa shape index (κ2) is 7.81. The highest BCUT2D eigenvalue weighted by Gasteiger charge is 2.30. The minimum absolute atomic E-state index is 0.190. The molecule has 1 aromatic heterocycles. The zero-order valence-electron chi connectivity index (χ0n) is 15.0. The number of alkyl halides is 6. The summed E-state index contributed by atoms with van der Waals surface area (Å²) in [5.41, 5.74) is -2.69. The van der Waals surface area contributed by atoms with Crippen molar-refractivity contribution >= 4 is 0 Å². The molecule has 0 saturated heterocycles. The maximum Gasteiger partial charge on any atom is 0.416 e. The Morgan fingerprint density at radius 3 is 1.57 bits per heavy atom. The third-order valence-electron chi connectivity index (χ3n) is 4.26. The quantitative estimate of drug-likeness (QED) is 0.597. The Bertz CT molecular complexity index is 1140. The summed E-state index contributed by atoms with van der Waals surface area (Å²) in [4.78, 5) is 24.6. The molecule has 0 amide bonds. The fraction of sp³-hybridized carbons (Fsp3) is 0.211. The van der Waals surface area contributed by atoms with E-state index >= 15 is 0 Å². The topological polar surface area (TPSA) is 56.9 Å². The summed E-state index contributed by atoms with van der Waals surface area (Å²) in [5.74, 6) is 0. The van der Waals surface area contributed by atoms with Crippen LogP contribution in [-0.2, 0) is 25.4 Å². The molecular weight excluding hydrogens is 416 g/mol. The molecule has 158 valence electrons. The average Bonchev–Trinajstić information content (AvgIpc) is 2.67. The Labute approximate surface area is 164 Å². The molecule has 0 atom stereocenters. The molecule has 0 unspecified atom stereocenters. The molecule has 0 aliphatic heterocycles. The van der Waals surface area contributed by atoms with Crippen LogP contribution in [0.5, 0.6) is 0 Å². The molecule has 0 spiro atoms. The van der Waals surface area contributed by atoms with Crippen LogP contribution in [0.3, 0.4) is 0 Å². The van der Waals surface area contributed by atoms with E-state index < -0.39 is 34.7 Å². The van der Waals surface area contributed by atoms with Gasteiger partial charge in [0.1, 0.15) is 6.20 Å². The number of benzene rings is 2.